The minimum absolute atomic E-state index is 0.0610. The molecule has 90 heavy (non-hydrogen) atoms. The quantitative estimate of drug-likeness (QED) is 0.0373. The first-order chi connectivity index (χ1) is 44.6. The summed E-state index contributed by atoms with van der Waals surface area (Å²) in [5.41, 5.74) is 0. The standard InChI is InChI=1S/C85H154O5/c1-3-5-7-9-11-13-15-17-19-21-23-25-27-29-31-33-35-37-39-40-41-42-43-44-46-47-49-51-53-55-57-59-61-63-65-67-69-71-73-75-77-79-84(87)89-82-83(81-86)90-85(88)80-78-76-74-72-70-68-66-64-62-60-58-56-54-52-50-48-45-38-36-34-32-30-28-26-24-22-20-18-16-14-12-10-8-6-4-2/h6,8,12,14-15,17-18,20-21,23-24,26-27,29,83,86H,3-5,7,9-11,13,16,19,22,25,28,30-82H2,1-2H3/b8-6-,14-12-,17-15-,20-18-,23-21-,26-24-,29-27-. The summed E-state index contributed by atoms with van der Waals surface area (Å²) in [6, 6.07) is 0. The van der Waals surface area contributed by atoms with E-state index in [0.29, 0.717) is 12.8 Å². The van der Waals surface area contributed by atoms with Crippen LogP contribution in [0.1, 0.15) is 425 Å². The van der Waals surface area contributed by atoms with Crippen LogP contribution in [0.25, 0.3) is 0 Å². The number of unbranched alkanes of at least 4 members (excludes halogenated alkanes) is 53. The number of ether oxygens (including phenoxy) is 2. The van der Waals surface area contributed by atoms with Crippen molar-refractivity contribution in [3.05, 3.63) is 85.1 Å². The lowest BCUT2D eigenvalue weighted by molar-refractivity contribution is -0.161. The zero-order valence-electron chi connectivity index (χ0n) is 60.4. The van der Waals surface area contributed by atoms with Gasteiger partial charge in [0.25, 0.3) is 0 Å². The van der Waals surface area contributed by atoms with Crippen molar-refractivity contribution in [2.75, 3.05) is 13.2 Å². The molecule has 5 nitrogen and oxygen atoms in total. The Morgan fingerprint density at radius 3 is 0.722 bits per heavy atom. The van der Waals surface area contributed by atoms with Crippen molar-refractivity contribution in [2.24, 2.45) is 0 Å². The third kappa shape index (κ3) is 77.5. The van der Waals surface area contributed by atoms with E-state index in [1.165, 1.54) is 321 Å². The lowest BCUT2D eigenvalue weighted by atomic mass is 10.0. The van der Waals surface area contributed by atoms with Gasteiger partial charge in [0.05, 0.1) is 6.61 Å². The fourth-order valence-corrected chi connectivity index (χ4v) is 12.2. The average molecular weight is 1260 g/mol. The Morgan fingerprint density at radius 2 is 0.478 bits per heavy atom. The van der Waals surface area contributed by atoms with Crippen LogP contribution < -0.4 is 0 Å². The van der Waals surface area contributed by atoms with Gasteiger partial charge in [-0.1, -0.05) is 407 Å². The van der Waals surface area contributed by atoms with Crippen molar-refractivity contribution in [3.63, 3.8) is 0 Å². The summed E-state index contributed by atoms with van der Waals surface area (Å²) in [6.07, 6.45) is 114. The van der Waals surface area contributed by atoms with Crippen LogP contribution in [0.4, 0.5) is 0 Å². The lowest BCUT2D eigenvalue weighted by Gasteiger charge is -2.15. The van der Waals surface area contributed by atoms with E-state index in [9.17, 15) is 14.7 Å². The normalized spacial score (nSPS) is 12.6. The summed E-state index contributed by atoms with van der Waals surface area (Å²) in [4.78, 5) is 24.7. The molecule has 0 amide bonds. The first kappa shape index (κ1) is 87.1. The Hall–Kier alpha value is -2.92. The molecule has 1 unspecified atom stereocenters. The Labute approximate surface area is 562 Å². The molecule has 0 aromatic carbocycles. The molecule has 0 saturated carbocycles. The summed E-state index contributed by atoms with van der Waals surface area (Å²) in [5.74, 6) is -0.567. The molecule has 0 fully saturated rings. The summed E-state index contributed by atoms with van der Waals surface area (Å²) in [5, 5.41) is 9.73. The molecule has 5 heteroatoms. The Morgan fingerprint density at radius 1 is 0.267 bits per heavy atom. The molecule has 0 rings (SSSR count). The Kier molecular flexibility index (Phi) is 77.7. The van der Waals surface area contributed by atoms with E-state index in [1.807, 2.05) is 0 Å². The first-order valence-electron chi connectivity index (χ1n) is 40.1. The van der Waals surface area contributed by atoms with Gasteiger partial charge >= 0.3 is 11.9 Å². The number of esters is 2. The van der Waals surface area contributed by atoms with Gasteiger partial charge in [-0.3, -0.25) is 9.59 Å². The molecule has 0 aromatic rings. The number of carbonyl (C=O) groups is 2. The number of allylic oxidation sites excluding steroid dienone is 14. The van der Waals surface area contributed by atoms with Crippen LogP contribution in [0.5, 0.6) is 0 Å². The molecular weight excluding hydrogens is 1100 g/mol. The van der Waals surface area contributed by atoms with E-state index >= 15 is 0 Å². The zero-order chi connectivity index (χ0) is 64.7. The molecule has 0 saturated heterocycles. The van der Waals surface area contributed by atoms with Gasteiger partial charge in [0.1, 0.15) is 6.61 Å². The smallest absolute Gasteiger partial charge is 0.306 e. The summed E-state index contributed by atoms with van der Waals surface area (Å²) in [7, 11) is 0. The summed E-state index contributed by atoms with van der Waals surface area (Å²) in [6.45, 7) is 4.07. The lowest BCUT2D eigenvalue weighted by Crippen LogP contribution is -2.28. The largest absolute Gasteiger partial charge is 0.462 e. The molecule has 0 aliphatic heterocycles. The van der Waals surface area contributed by atoms with Crippen molar-refractivity contribution in [3.8, 4) is 0 Å². The number of carbonyl (C=O) groups excluding carboxylic acids is 2. The van der Waals surface area contributed by atoms with Crippen LogP contribution in [0.3, 0.4) is 0 Å². The van der Waals surface area contributed by atoms with E-state index < -0.39 is 6.10 Å². The van der Waals surface area contributed by atoms with Crippen LogP contribution >= 0.6 is 0 Å². The van der Waals surface area contributed by atoms with Crippen LogP contribution in [-0.2, 0) is 19.1 Å². The van der Waals surface area contributed by atoms with Gasteiger partial charge < -0.3 is 14.6 Å². The topological polar surface area (TPSA) is 72.8 Å². The molecule has 0 aliphatic carbocycles. The van der Waals surface area contributed by atoms with Crippen molar-refractivity contribution in [2.45, 2.75) is 431 Å². The van der Waals surface area contributed by atoms with E-state index in [-0.39, 0.29) is 25.2 Å². The molecule has 524 valence electrons. The highest BCUT2D eigenvalue weighted by atomic mass is 16.6. The maximum atomic E-state index is 12.4. The molecule has 0 bridgehead atoms. The van der Waals surface area contributed by atoms with Gasteiger partial charge in [0, 0.05) is 12.8 Å². The second kappa shape index (κ2) is 80.3. The third-order valence-electron chi connectivity index (χ3n) is 18.2. The number of aliphatic hydroxyl groups is 1. The molecule has 1 N–H and O–H groups in total. The summed E-state index contributed by atoms with van der Waals surface area (Å²) >= 11 is 0. The highest BCUT2D eigenvalue weighted by molar-refractivity contribution is 5.70. The number of hydrogen-bond donors (Lipinski definition) is 1. The maximum Gasteiger partial charge on any atom is 0.306 e. The third-order valence-corrected chi connectivity index (χ3v) is 18.2. The van der Waals surface area contributed by atoms with Crippen molar-refractivity contribution in [1.29, 1.82) is 0 Å². The monoisotopic (exact) mass is 1260 g/mol. The predicted octanol–water partition coefficient (Wildman–Crippen LogP) is 28.3. The SMILES string of the molecule is CC/C=C\C/C=C\C/C=C\C/C=C\CCCCCCCCCCCCCCCCCCCCCCCCC(=O)OC(CO)COC(=O)CCCCCCCCCCCCCCCCCCCCCCCCCCCC/C=C\C/C=C\C/C=C\CCCCCCC. The fraction of sp³-hybridized carbons (Fsp3) is 0.812. The predicted molar refractivity (Wildman–Crippen MR) is 399 cm³/mol. The minimum atomic E-state index is -0.773. The van der Waals surface area contributed by atoms with E-state index in [0.717, 1.165) is 77.0 Å². The summed E-state index contributed by atoms with van der Waals surface area (Å²) < 4.78 is 10.8. The van der Waals surface area contributed by atoms with Gasteiger partial charge in [0.15, 0.2) is 6.10 Å². The van der Waals surface area contributed by atoms with Crippen LogP contribution in [0.15, 0.2) is 85.1 Å². The van der Waals surface area contributed by atoms with Gasteiger partial charge in [0.2, 0.25) is 0 Å². The van der Waals surface area contributed by atoms with Gasteiger partial charge in [-0.2, -0.15) is 0 Å². The minimum Gasteiger partial charge on any atom is -0.462 e. The van der Waals surface area contributed by atoms with Gasteiger partial charge in [-0.25, -0.2) is 0 Å². The second-order valence-electron chi connectivity index (χ2n) is 27.1. The molecule has 0 radical (unpaired) electrons. The zero-order valence-corrected chi connectivity index (χ0v) is 60.4. The van der Waals surface area contributed by atoms with Crippen LogP contribution in [-0.4, -0.2) is 36.4 Å². The Balaban J connectivity index is 3.38. The Bertz CT molecular complexity index is 1620. The van der Waals surface area contributed by atoms with Crippen LogP contribution in [0, 0.1) is 0 Å². The van der Waals surface area contributed by atoms with Crippen molar-refractivity contribution >= 4 is 11.9 Å². The fourth-order valence-electron chi connectivity index (χ4n) is 12.2. The number of rotatable bonds is 75. The first-order valence-corrected chi connectivity index (χ1v) is 40.1. The second-order valence-corrected chi connectivity index (χ2v) is 27.1. The van der Waals surface area contributed by atoms with E-state index in [2.05, 4.69) is 98.9 Å². The van der Waals surface area contributed by atoms with Crippen LogP contribution in [0.2, 0.25) is 0 Å². The van der Waals surface area contributed by atoms with Crippen molar-refractivity contribution < 1.29 is 24.2 Å². The molecule has 0 aliphatic rings. The number of aliphatic hydroxyl groups excluding tert-OH is 1. The highest BCUT2D eigenvalue weighted by Crippen LogP contribution is 2.20. The average Bonchev–Trinajstić information content (AvgIpc) is 3.58. The molecular formula is C85H154O5. The maximum absolute atomic E-state index is 12.4. The molecule has 0 aromatic heterocycles. The van der Waals surface area contributed by atoms with E-state index in [1.54, 1.807) is 0 Å². The highest BCUT2D eigenvalue weighted by Gasteiger charge is 2.16. The van der Waals surface area contributed by atoms with Gasteiger partial charge in [-0.05, 0) is 89.9 Å². The molecule has 0 spiro atoms. The van der Waals surface area contributed by atoms with Gasteiger partial charge in [-0.15, -0.1) is 0 Å². The number of hydrogen-bond acceptors (Lipinski definition) is 5. The van der Waals surface area contributed by atoms with Crippen molar-refractivity contribution in [1.82, 2.24) is 0 Å². The molecule has 1 atom stereocenters. The van der Waals surface area contributed by atoms with E-state index in [4.69, 9.17) is 9.47 Å². The molecule has 0 heterocycles.